The largest absolute Gasteiger partial charge is 0.489 e. The maximum Gasteiger partial charge on any atom is 0.338 e. The summed E-state index contributed by atoms with van der Waals surface area (Å²) < 4.78 is 11.2. The first-order chi connectivity index (χ1) is 14.6. The van der Waals surface area contributed by atoms with E-state index in [0.29, 0.717) is 28.9 Å². The smallest absolute Gasteiger partial charge is 0.338 e. The van der Waals surface area contributed by atoms with Crippen molar-refractivity contribution in [2.75, 3.05) is 0 Å². The van der Waals surface area contributed by atoms with E-state index in [2.05, 4.69) is 9.97 Å². The summed E-state index contributed by atoms with van der Waals surface area (Å²) in [4.78, 5) is 31.8. The minimum Gasteiger partial charge on any atom is -0.489 e. The molecule has 3 aromatic carbocycles. The lowest BCUT2D eigenvalue weighted by Crippen LogP contribution is -2.17. The number of hydrogen-bond acceptors (Lipinski definition) is 5. The van der Waals surface area contributed by atoms with Gasteiger partial charge in [0.1, 0.15) is 12.4 Å². The van der Waals surface area contributed by atoms with Crippen molar-refractivity contribution < 1.29 is 14.3 Å². The molecular weight excluding hydrogens is 380 g/mol. The van der Waals surface area contributed by atoms with Gasteiger partial charge in [-0.2, -0.15) is 0 Å². The average Bonchev–Trinajstić information content (AvgIpc) is 2.78. The normalized spacial score (nSPS) is 11.8. The van der Waals surface area contributed by atoms with Crippen LogP contribution in [-0.2, 0) is 11.3 Å². The van der Waals surface area contributed by atoms with Crippen LogP contribution in [0.1, 0.15) is 34.8 Å². The molecule has 30 heavy (non-hydrogen) atoms. The summed E-state index contributed by atoms with van der Waals surface area (Å²) in [6.07, 6.45) is -0.698. The highest BCUT2D eigenvalue weighted by molar-refractivity contribution is 5.89. The molecule has 0 spiro atoms. The number of carbonyl (C=O) groups excluding carboxylic acids is 1. The number of carbonyl (C=O) groups is 1. The molecule has 0 saturated carbocycles. The molecule has 150 valence electrons. The Morgan fingerprint density at radius 1 is 0.967 bits per heavy atom. The number of rotatable bonds is 6. The zero-order chi connectivity index (χ0) is 20.9. The zero-order valence-electron chi connectivity index (χ0n) is 16.4. The van der Waals surface area contributed by atoms with Crippen LogP contribution < -0.4 is 10.3 Å². The van der Waals surface area contributed by atoms with Gasteiger partial charge in [-0.1, -0.05) is 42.5 Å². The Hall–Kier alpha value is -3.93. The number of fused-ring (bicyclic) bond motifs is 1. The lowest BCUT2D eigenvalue weighted by molar-refractivity contribution is 0.0320. The number of H-pyrrole nitrogens is 1. The van der Waals surface area contributed by atoms with Crippen molar-refractivity contribution in [3.05, 3.63) is 106 Å². The first-order valence-electron chi connectivity index (χ1n) is 9.57. The van der Waals surface area contributed by atoms with Crippen LogP contribution in [0.2, 0.25) is 0 Å². The van der Waals surface area contributed by atoms with Gasteiger partial charge in [-0.15, -0.1) is 0 Å². The fourth-order valence-electron chi connectivity index (χ4n) is 3.00. The number of esters is 1. The van der Waals surface area contributed by atoms with Crippen molar-refractivity contribution in [3.8, 4) is 5.75 Å². The summed E-state index contributed by atoms with van der Waals surface area (Å²) in [7, 11) is 0. The molecule has 1 aromatic heterocycles. The Morgan fingerprint density at radius 3 is 2.43 bits per heavy atom. The molecule has 0 unspecified atom stereocenters. The highest BCUT2D eigenvalue weighted by atomic mass is 16.5. The lowest BCUT2D eigenvalue weighted by Gasteiger charge is -2.13. The Bertz CT molecular complexity index is 1220. The topological polar surface area (TPSA) is 81.3 Å². The number of hydrogen-bond donors (Lipinski definition) is 1. The van der Waals surface area contributed by atoms with Crippen LogP contribution >= 0.6 is 0 Å². The summed E-state index contributed by atoms with van der Waals surface area (Å²) in [6.45, 7) is 2.07. The van der Waals surface area contributed by atoms with Crippen molar-refractivity contribution in [2.24, 2.45) is 0 Å². The minimum absolute atomic E-state index is 0.263. The van der Waals surface area contributed by atoms with E-state index < -0.39 is 12.1 Å². The van der Waals surface area contributed by atoms with Gasteiger partial charge >= 0.3 is 5.97 Å². The third-order valence-corrected chi connectivity index (χ3v) is 4.64. The highest BCUT2D eigenvalue weighted by Crippen LogP contribution is 2.17. The van der Waals surface area contributed by atoms with E-state index in [4.69, 9.17) is 9.47 Å². The van der Waals surface area contributed by atoms with Crippen molar-refractivity contribution in [2.45, 2.75) is 19.6 Å². The van der Waals surface area contributed by atoms with Gasteiger partial charge in [-0.3, -0.25) is 4.79 Å². The molecule has 0 aliphatic carbocycles. The van der Waals surface area contributed by atoms with E-state index in [1.54, 1.807) is 43.3 Å². The monoisotopic (exact) mass is 400 g/mol. The Labute approximate surface area is 173 Å². The standard InChI is InChI=1S/C24H20N2O4/c1-16(22-25-21-10-6-5-9-20(21)23(27)26-22)30-24(28)18-13-11-17(12-14-18)15-29-19-7-3-2-4-8-19/h2-14,16H,15H2,1H3,(H,25,26,27)/t16-/m0/s1. The van der Waals surface area contributed by atoms with Crippen molar-refractivity contribution in [1.82, 2.24) is 9.97 Å². The quantitative estimate of drug-likeness (QED) is 0.485. The van der Waals surface area contributed by atoms with Gasteiger partial charge < -0.3 is 14.5 Å². The molecule has 1 atom stereocenters. The molecule has 6 heteroatoms. The number of benzene rings is 3. The third-order valence-electron chi connectivity index (χ3n) is 4.64. The van der Waals surface area contributed by atoms with Gasteiger partial charge in [0.25, 0.3) is 5.56 Å². The van der Waals surface area contributed by atoms with Gasteiger partial charge in [0.15, 0.2) is 11.9 Å². The second-order valence-corrected chi connectivity index (χ2v) is 6.81. The zero-order valence-corrected chi connectivity index (χ0v) is 16.4. The number of ether oxygens (including phenoxy) is 2. The molecule has 0 amide bonds. The second-order valence-electron chi connectivity index (χ2n) is 6.81. The summed E-state index contributed by atoms with van der Waals surface area (Å²) in [5.74, 6) is 0.598. The number of aromatic nitrogens is 2. The van der Waals surface area contributed by atoms with Crippen LogP contribution in [0.4, 0.5) is 0 Å². The number of aromatic amines is 1. The van der Waals surface area contributed by atoms with Crippen molar-refractivity contribution >= 4 is 16.9 Å². The minimum atomic E-state index is -0.698. The van der Waals surface area contributed by atoms with Gasteiger partial charge in [0, 0.05) is 0 Å². The van der Waals surface area contributed by atoms with Crippen LogP contribution in [-0.4, -0.2) is 15.9 Å². The summed E-state index contributed by atoms with van der Waals surface area (Å²) in [5, 5.41) is 0.494. The second kappa shape index (κ2) is 8.61. The maximum atomic E-state index is 12.5. The summed E-state index contributed by atoms with van der Waals surface area (Å²) in [5.41, 5.74) is 1.64. The molecule has 0 fully saturated rings. The highest BCUT2D eigenvalue weighted by Gasteiger charge is 2.17. The fraction of sp³-hybridized carbons (Fsp3) is 0.125. The predicted molar refractivity (Wildman–Crippen MR) is 113 cm³/mol. The van der Waals surface area contributed by atoms with Crippen LogP contribution in [0.3, 0.4) is 0 Å². The average molecular weight is 400 g/mol. The van der Waals surface area contributed by atoms with Gasteiger partial charge in [0.05, 0.1) is 16.5 Å². The van der Waals surface area contributed by atoms with E-state index in [9.17, 15) is 9.59 Å². The molecule has 1 N–H and O–H groups in total. The van der Waals surface area contributed by atoms with E-state index >= 15 is 0 Å². The molecular formula is C24H20N2O4. The predicted octanol–water partition coefficient (Wildman–Crippen LogP) is 4.42. The lowest BCUT2D eigenvalue weighted by atomic mass is 10.1. The van der Waals surface area contributed by atoms with Gasteiger partial charge in [0.2, 0.25) is 0 Å². The SMILES string of the molecule is C[C@H](OC(=O)c1ccc(COc2ccccc2)cc1)c1nc2ccccc2c(=O)[nH]1. The molecule has 0 bridgehead atoms. The van der Waals surface area contributed by atoms with Gasteiger partial charge in [-0.05, 0) is 48.9 Å². The fourth-order valence-corrected chi connectivity index (χ4v) is 3.00. The van der Waals surface area contributed by atoms with E-state index in [-0.39, 0.29) is 5.56 Å². The molecule has 0 saturated heterocycles. The molecule has 0 radical (unpaired) electrons. The summed E-state index contributed by atoms with van der Waals surface area (Å²) >= 11 is 0. The van der Waals surface area contributed by atoms with Crippen LogP contribution in [0.25, 0.3) is 10.9 Å². The van der Waals surface area contributed by atoms with E-state index in [1.807, 2.05) is 42.5 Å². The Morgan fingerprint density at radius 2 is 1.67 bits per heavy atom. The summed E-state index contributed by atoms with van der Waals surface area (Å²) in [6, 6.07) is 23.6. The van der Waals surface area contributed by atoms with Crippen molar-refractivity contribution in [1.29, 1.82) is 0 Å². The van der Waals surface area contributed by atoms with Crippen molar-refractivity contribution in [3.63, 3.8) is 0 Å². The van der Waals surface area contributed by atoms with Gasteiger partial charge in [-0.25, -0.2) is 9.78 Å². The molecule has 4 rings (SSSR count). The van der Waals surface area contributed by atoms with Crippen LogP contribution in [0.5, 0.6) is 5.75 Å². The number of nitrogens with zero attached hydrogens (tertiary/aromatic N) is 1. The molecule has 1 heterocycles. The van der Waals surface area contributed by atoms with Crippen LogP contribution in [0, 0.1) is 0 Å². The van der Waals surface area contributed by atoms with E-state index in [0.717, 1.165) is 11.3 Å². The van der Waals surface area contributed by atoms with E-state index in [1.165, 1.54) is 0 Å². The first kappa shape index (κ1) is 19.4. The number of nitrogens with one attached hydrogen (secondary N) is 1. The first-order valence-corrected chi connectivity index (χ1v) is 9.57. The molecule has 0 aliphatic heterocycles. The molecule has 6 nitrogen and oxygen atoms in total. The molecule has 0 aliphatic rings. The molecule has 4 aromatic rings. The Balaban J connectivity index is 1.41. The third kappa shape index (κ3) is 4.38. The Kier molecular flexibility index (Phi) is 5.57. The number of para-hydroxylation sites is 2. The maximum absolute atomic E-state index is 12.5. The van der Waals surface area contributed by atoms with Crippen LogP contribution in [0.15, 0.2) is 83.7 Å².